The van der Waals surface area contributed by atoms with Gasteiger partial charge in [0.15, 0.2) is 5.75 Å². The van der Waals surface area contributed by atoms with Crippen molar-refractivity contribution in [3.05, 3.63) is 30.3 Å². The first-order valence-corrected chi connectivity index (χ1v) is 5.85. The summed E-state index contributed by atoms with van der Waals surface area (Å²) < 4.78 is 10.4. The molecule has 0 spiro atoms. The fourth-order valence-corrected chi connectivity index (χ4v) is 1.83. The average Bonchev–Trinajstić information content (AvgIpc) is 2.06. The lowest BCUT2D eigenvalue weighted by atomic mass is 10.3. The largest absolute Gasteiger partial charge is 0.573 e. The van der Waals surface area contributed by atoms with Gasteiger partial charge >= 0.3 is 7.15 Å². The lowest BCUT2D eigenvalue weighted by Gasteiger charge is -1.91. The number of rotatable bonds is 4. The minimum atomic E-state index is -1.17. The molecule has 2 nitrogen and oxygen atoms in total. The molecule has 1 aromatic rings. The second-order valence-corrected chi connectivity index (χ2v) is 3.83. The molecule has 0 aliphatic carbocycles. The average molecular weight is 201 g/mol. The van der Waals surface area contributed by atoms with Gasteiger partial charge in [-0.3, -0.25) is 4.52 Å². The highest BCUT2D eigenvalue weighted by Gasteiger charge is 2.13. The minimum absolute atomic E-state index is 0.599. The fraction of sp³-hybridized carbons (Fsp3) is 0.250. The Morgan fingerprint density at radius 1 is 1.33 bits per heavy atom. The van der Waals surface area contributed by atoms with Crippen LogP contribution in [0.15, 0.2) is 30.3 Å². The van der Waals surface area contributed by atoms with Crippen LogP contribution in [-0.4, -0.2) is 6.61 Å². The van der Waals surface area contributed by atoms with Crippen LogP contribution in [0.2, 0.25) is 0 Å². The maximum atomic E-state index is 5.31. The lowest BCUT2D eigenvalue weighted by molar-refractivity contribution is 0.349. The molecule has 0 fully saturated rings. The molecule has 12 heavy (non-hydrogen) atoms. The highest BCUT2D eigenvalue weighted by molar-refractivity contribution is 8.00. The molecule has 1 rings (SSSR count). The quantitative estimate of drug-likeness (QED) is 0.698. The molecule has 0 saturated heterocycles. The van der Waals surface area contributed by atoms with Crippen molar-refractivity contribution in [2.45, 2.75) is 6.92 Å². The zero-order chi connectivity index (χ0) is 8.81. The van der Waals surface area contributed by atoms with Crippen molar-refractivity contribution in [1.29, 1.82) is 0 Å². The molecule has 0 N–H and O–H groups in total. The van der Waals surface area contributed by atoms with Gasteiger partial charge < -0.3 is 0 Å². The summed E-state index contributed by atoms with van der Waals surface area (Å²) in [6.45, 7) is 2.50. The monoisotopic (exact) mass is 201 g/mol. The van der Waals surface area contributed by atoms with Gasteiger partial charge in [-0.15, -0.1) is 4.52 Å². The van der Waals surface area contributed by atoms with Crippen LogP contribution in [0, 0.1) is 0 Å². The predicted octanol–water partition coefficient (Wildman–Crippen LogP) is 2.88. The van der Waals surface area contributed by atoms with E-state index in [1.807, 2.05) is 37.3 Å². The fourth-order valence-electron chi connectivity index (χ4n) is 0.699. The Labute approximate surface area is 78.1 Å². The van der Waals surface area contributed by atoms with Gasteiger partial charge in [0.25, 0.3) is 0 Å². The number of hydrogen-bond donors (Lipinski definition) is 0. The molecule has 0 heterocycles. The molecule has 0 aliphatic heterocycles. The van der Waals surface area contributed by atoms with Crippen molar-refractivity contribution in [2.75, 3.05) is 6.61 Å². The molecule has 0 bridgehead atoms. The van der Waals surface area contributed by atoms with Gasteiger partial charge in [0.1, 0.15) is 6.61 Å². The van der Waals surface area contributed by atoms with Gasteiger partial charge in [-0.25, -0.2) is 0 Å². The second kappa shape index (κ2) is 5.20. The second-order valence-electron chi connectivity index (χ2n) is 2.05. The van der Waals surface area contributed by atoms with E-state index >= 15 is 0 Å². The maximum absolute atomic E-state index is 5.31. The summed E-state index contributed by atoms with van der Waals surface area (Å²) in [6, 6.07) is 9.46. The van der Waals surface area contributed by atoms with Gasteiger partial charge in [-0.2, -0.15) is 0 Å². The molecule has 0 radical (unpaired) electrons. The van der Waals surface area contributed by atoms with E-state index in [9.17, 15) is 0 Å². The summed E-state index contributed by atoms with van der Waals surface area (Å²) >= 11 is 4.94. The number of para-hydroxylation sites is 1. The lowest BCUT2D eigenvalue weighted by Crippen LogP contribution is -1.84. The van der Waals surface area contributed by atoms with Crippen LogP contribution < -0.4 is 4.52 Å². The Balaban J connectivity index is 2.47. The summed E-state index contributed by atoms with van der Waals surface area (Å²) in [5.41, 5.74) is 0. The third-order valence-corrected chi connectivity index (χ3v) is 2.53. The van der Waals surface area contributed by atoms with Gasteiger partial charge in [0, 0.05) is 0 Å². The van der Waals surface area contributed by atoms with Crippen molar-refractivity contribution in [2.24, 2.45) is 0 Å². The molecule has 1 aromatic carbocycles. The van der Waals surface area contributed by atoms with Gasteiger partial charge in [0.2, 0.25) is 11.8 Å². The first kappa shape index (κ1) is 9.59. The molecule has 0 aromatic heterocycles. The van der Waals surface area contributed by atoms with E-state index in [4.69, 9.17) is 20.9 Å². The molecule has 0 amide bonds. The molecule has 0 aliphatic rings. The van der Waals surface area contributed by atoms with Crippen molar-refractivity contribution >= 4 is 19.0 Å². The topological polar surface area (TPSA) is 18.5 Å². The predicted molar refractivity (Wildman–Crippen MR) is 53.0 cm³/mol. The third-order valence-electron chi connectivity index (χ3n) is 1.16. The Morgan fingerprint density at radius 3 is 2.58 bits per heavy atom. The highest BCUT2D eigenvalue weighted by Crippen LogP contribution is 2.27. The Bertz CT molecular complexity index is 250. The summed E-state index contributed by atoms with van der Waals surface area (Å²) in [6.07, 6.45) is 0. The molecular weight excluding hydrogens is 191 g/mol. The Morgan fingerprint density at radius 2 is 2.00 bits per heavy atom. The summed E-state index contributed by atoms with van der Waals surface area (Å²) in [7, 11) is -1.17. The number of hydrogen-bond acceptors (Lipinski definition) is 3. The molecule has 1 atom stereocenters. The van der Waals surface area contributed by atoms with Crippen LogP contribution in [0.25, 0.3) is 0 Å². The van der Waals surface area contributed by atoms with Crippen LogP contribution in [0.1, 0.15) is 6.92 Å². The molecule has 1 unspecified atom stereocenters. The zero-order valence-electron chi connectivity index (χ0n) is 6.77. The van der Waals surface area contributed by atoms with Crippen LogP contribution in [0.4, 0.5) is 0 Å². The third kappa shape index (κ3) is 3.26. The van der Waals surface area contributed by atoms with E-state index in [0.717, 1.165) is 5.75 Å². The zero-order valence-corrected chi connectivity index (χ0v) is 8.48. The smallest absolute Gasteiger partial charge is 0.250 e. The van der Waals surface area contributed by atoms with Crippen molar-refractivity contribution in [3.8, 4) is 5.75 Å². The Kier molecular flexibility index (Phi) is 4.15. The molecule has 64 valence electrons. The molecular formula is C8H10O2PS+. The SMILES string of the molecule is CCO[P+](=S)Oc1ccccc1. The molecule has 0 saturated carbocycles. The summed E-state index contributed by atoms with van der Waals surface area (Å²) in [5.74, 6) is 0.770. The van der Waals surface area contributed by atoms with Crippen molar-refractivity contribution in [3.63, 3.8) is 0 Å². The van der Waals surface area contributed by atoms with E-state index in [1.165, 1.54) is 0 Å². The van der Waals surface area contributed by atoms with Crippen molar-refractivity contribution in [1.82, 2.24) is 0 Å². The first-order valence-electron chi connectivity index (χ1n) is 3.66. The standard InChI is InChI=1S/C8H10O2PS/c1-2-9-11(12)10-8-6-4-3-5-7-8/h3-7H,2H2,1H3/q+1. The van der Waals surface area contributed by atoms with Crippen LogP contribution in [0.3, 0.4) is 0 Å². The summed E-state index contributed by atoms with van der Waals surface area (Å²) in [5, 5.41) is 0. The van der Waals surface area contributed by atoms with E-state index in [-0.39, 0.29) is 0 Å². The normalized spacial score (nSPS) is 10.9. The van der Waals surface area contributed by atoms with Gasteiger partial charge in [-0.05, 0) is 19.1 Å². The van der Waals surface area contributed by atoms with Gasteiger partial charge in [0.05, 0.1) is 0 Å². The highest BCUT2D eigenvalue weighted by atomic mass is 32.4. The minimum Gasteiger partial charge on any atom is -0.250 e. The van der Waals surface area contributed by atoms with Crippen molar-refractivity contribution < 1.29 is 9.05 Å². The molecule has 4 heteroatoms. The maximum Gasteiger partial charge on any atom is 0.573 e. The van der Waals surface area contributed by atoms with Crippen LogP contribution in [-0.2, 0) is 16.3 Å². The van der Waals surface area contributed by atoms with Gasteiger partial charge in [-0.1, -0.05) is 18.2 Å². The van der Waals surface area contributed by atoms with Crippen LogP contribution >= 0.6 is 7.15 Å². The van der Waals surface area contributed by atoms with Crippen LogP contribution in [0.5, 0.6) is 5.75 Å². The number of benzene rings is 1. The van der Waals surface area contributed by atoms with E-state index in [1.54, 1.807) is 0 Å². The summed E-state index contributed by atoms with van der Waals surface area (Å²) in [4.78, 5) is 0. The van der Waals surface area contributed by atoms with E-state index < -0.39 is 7.15 Å². The van der Waals surface area contributed by atoms with E-state index in [2.05, 4.69) is 0 Å². The Hall–Kier alpha value is -0.500. The van der Waals surface area contributed by atoms with E-state index in [0.29, 0.717) is 6.61 Å². The first-order chi connectivity index (χ1) is 5.83.